The quantitative estimate of drug-likeness (QED) is 0.420. The molecule has 1 N–H and O–H groups in total. The topological polar surface area (TPSA) is 93.6 Å². The van der Waals surface area contributed by atoms with Crippen molar-refractivity contribution in [2.45, 2.75) is 57.4 Å². The number of carboxylic acids is 1. The van der Waals surface area contributed by atoms with Crippen LogP contribution in [0.1, 0.15) is 56.1 Å². The molecule has 3 heterocycles. The van der Waals surface area contributed by atoms with Crippen LogP contribution in [0.4, 0.5) is 0 Å². The summed E-state index contributed by atoms with van der Waals surface area (Å²) in [6.07, 6.45) is 4.97. The zero-order valence-electron chi connectivity index (χ0n) is 23.2. The number of ether oxygens (including phenoxy) is 1. The number of hydrogen-bond acceptors (Lipinski definition) is 6. The van der Waals surface area contributed by atoms with Crippen molar-refractivity contribution >= 4 is 17.8 Å². The van der Waals surface area contributed by atoms with Gasteiger partial charge in [-0.05, 0) is 57.1 Å². The highest BCUT2D eigenvalue weighted by Crippen LogP contribution is 2.40. The summed E-state index contributed by atoms with van der Waals surface area (Å²) in [6, 6.07) is 5.59. The number of carboxylic acid groups (broad SMARTS) is 1. The fourth-order valence-electron chi connectivity index (χ4n) is 6.18. The highest BCUT2D eigenvalue weighted by molar-refractivity contribution is 5.80. The zero-order valence-corrected chi connectivity index (χ0v) is 23.2. The first-order valence-electron chi connectivity index (χ1n) is 14.2. The molecule has 38 heavy (non-hydrogen) atoms. The molecule has 0 aliphatic carbocycles. The Morgan fingerprint density at radius 3 is 2.61 bits per heavy atom. The predicted molar refractivity (Wildman–Crippen MR) is 145 cm³/mol. The van der Waals surface area contributed by atoms with Crippen molar-refractivity contribution in [3.63, 3.8) is 0 Å². The molecule has 4 rings (SSSR count). The number of carbonyl (C=O) groups is 3. The van der Waals surface area contributed by atoms with Gasteiger partial charge in [-0.25, -0.2) is 0 Å². The van der Waals surface area contributed by atoms with Crippen molar-refractivity contribution in [2.24, 2.45) is 5.92 Å². The van der Waals surface area contributed by atoms with Gasteiger partial charge in [-0.1, -0.05) is 25.5 Å². The smallest absolute Gasteiger partial charge is 0.308 e. The fourth-order valence-corrected chi connectivity index (χ4v) is 6.18. The summed E-state index contributed by atoms with van der Waals surface area (Å²) in [7, 11) is 4.06. The Balaban J connectivity index is 1.57. The molecule has 0 saturated carbocycles. The summed E-state index contributed by atoms with van der Waals surface area (Å²) in [5.74, 6) is -0.837. The Hall–Kier alpha value is -2.65. The number of nitrogens with zero attached hydrogens (tertiary/aromatic N) is 4. The predicted octanol–water partition coefficient (Wildman–Crippen LogP) is 2.29. The lowest BCUT2D eigenvalue weighted by Gasteiger charge is -2.32. The molecule has 9 nitrogen and oxygen atoms in total. The van der Waals surface area contributed by atoms with E-state index in [1.165, 1.54) is 0 Å². The van der Waals surface area contributed by atoms with Crippen LogP contribution in [0.25, 0.3) is 0 Å². The number of hydrogen-bond donors (Lipinski definition) is 1. The second-order valence-electron chi connectivity index (χ2n) is 11.3. The molecule has 2 fully saturated rings. The van der Waals surface area contributed by atoms with Crippen LogP contribution in [-0.2, 0) is 20.8 Å². The Morgan fingerprint density at radius 2 is 1.92 bits per heavy atom. The molecular weight excluding hydrogens is 484 g/mol. The minimum Gasteiger partial charge on any atom is -0.493 e. The number of unbranched alkanes of at least 4 members (excludes halogenated alkanes) is 1. The molecule has 3 unspecified atom stereocenters. The Kier molecular flexibility index (Phi) is 9.65. The van der Waals surface area contributed by atoms with Crippen molar-refractivity contribution in [2.75, 3.05) is 66.5 Å². The van der Waals surface area contributed by atoms with Crippen LogP contribution in [0.2, 0.25) is 0 Å². The van der Waals surface area contributed by atoms with Gasteiger partial charge >= 0.3 is 5.97 Å². The van der Waals surface area contributed by atoms with Crippen LogP contribution < -0.4 is 4.74 Å². The van der Waals surface area contributed by atoms with E-state index >= 15 is 0 Å². The lowest BCUT2D eigenvalue weighted by atomic mass is 9.84. The fraction of sp³-hybridized carbons (Fsp3) is 0.690. The molecular formula is C29H44N4O5. The molecule has 2 amide bonds. The van der Waals surface area contributed by atoms with E-state index in [9.17, 15) is 19.5 Å². The van der Waals surface area contributed by atoms with E-state index in [1.807, 2.05) is 36.0 Å². The monoisotopic (exact) mass is 528 g/mol. The SMILES string of the molecule is CCCCN(CCCN(C)C)C(=O)CN1CC(c2ccc3c(c2)CCO3)C(C(=O)O)C1CN1CCCC1=O. The van der Waals surface area contributed by atoms with Gasteiger partial charge in [0, 0.05) is 57.5 Å². The van der Waals surface area contributed by atoms with Gasteiger partial charge in [-0.3, -0.25) is 19.3 Å². The molecule has 3 aliphatic heterocycles. The molecule has 3 atom stereocenters. The van der Waals surface area contributed by atoms with Gasteiger partial charge in [-0.15, -0.1) is 0 Å². The van der Waals surface area contributed by atoms with Crippen LogP contribution in [-0.4, -0.2) is 115 Å². The first kappa shape index (κ1) is 28.4. The van der Waals surface area contributed by atoms with Crippen molar-refractivity contribution in [3.05, 3.63) is 29.3 Å². The molecule has 1 aromatic carbocycles. The van der Waals surface area contributed by atoms with Crippen molar-refractivity contribution in [1.29, 1.82) is 0 Å². The van der Waals surface area contributed by atoms with Gasteiger partial charge in [0.25, 0.3) is 0 Å². The van der Waals surface area contributed by atoms with E-state index in [4.69, 9.17) is 4.74 Å². The molecule has 1 aromatic rings. The lowest BCUT2D eigenvalue weighted by molar-refractivity contribution is -0.144. The third kappa shape index (κ3) is 6.67. The number of benzene rings is 1. The molecule has 3 aliphatic rings. The van der Waals surface area contributed by atoms with Gasteiger partial charge in [0.1, 0.15) is 5.75 Å². The number of rotatable bonds is 13. The first-order valence-corrected chi connectivity index (χ1v) is 14.2. The number of carbonyl (C=O) groups excluding carboxylic acids is 2. The summed E-state index contributed by atoms with van der Waals surface area (Å²) in [4.78, 5) is 46.8. The number of fused-ring (bicyclic) bond motifs is 1. The Labute approximate surface area is 226 Å². The van der Waals surface area contributed by atoms with E-state index in [0.29, 0.717) is 45.8 Å². The number of amides is 2. The second-order valence-corrected chi connectivity index (χ2v) is 11.3. The van der Waals surface area contributed by atoms with Gasteiger partial charge in [0.05, 0.1) is 19.1 Å². The van der Waals surface area contributed by atoms with Gasteiger partial charge < -0.3 is 24.5 Å². The average Bonchev–Trinajstić information content (AvgIpc) is 3.60. The van der Waals surface area contributed by atoms with Crippen LogP contribution in [0, 0.1) is 5.92 Å². The van der Waals surface area contributed by atoms with E-state index in [-0.39, 0.29) is 24.3 Å². The molecule has 0 radical (unpaired) electrons. The first-order chi connectivity index (χ1) is 18.3. The van der Waals surface area contributed by atoms with E-state index < -0.39 is 17.9 Å². The Morgan fingerprint density at radius 1 is 1.13 bits per heavy atom. The van der Waals surface area contributed by atoms with Gasteiger partial charge in [-0.2, -0.15) is 0 Å². The number of likely N-dealkylation sites (tertiary alicyclic amines) is 2. The summed E-state index contributed by atoms with van der Waals surface area (Å²) in [5, 5.41) is 10.4. The lowest BCUT2D eigenvalue weighted by Crippen LogP contribution is -2.49. The summed E-state index contributed by atoms with van der Waals surface area (Å²) in [5.41, 5.74) is 2.09. The average molecular weight is 529 g/mol. The normalized spacial score (nSPS) is 23.2. The van der Waals surface area contributed by atoms with Gasteiger partial charge in [0.15, 0.2) is 0 Å². The zero-order chi connectivity index (χ0) is 27.2. The molecule has 210 valence electrons. The van der Waals surface area contributed by atoms with Crippen molar-refractivity contribution in [3.8, 4) is 5.75 Å². The van der Waals surface area contributed by atoms with Crippen LogP contribution in [0.3, 0.4) is 0 Å². The summed E-state index contributed by atoms with van der Waals surface area (Å²) >= 11 is 0. The minimum atomic E-state index is -0.868. The van der Waals surface area contributed by atoms with Gasteiger partial charge in [0.2, 0.25) is 11.8 Å². The highest BCUT2D eigenvalue weighted by Gasteiger charge is 2.48. The van der Waals surface area contributed by atoms with Crippen LogP contribution >= 0.6 is 0 Å². The largest absolute Gasteiger partial charge is 0.493 e. The molecule has 0 spiro atoms. The number of aliphatic carboxylic acids is 1. The maximum Gasteiger partial charge on any atom is 0.308 e. The van der Waals surface area contributed by atoms with E-state index in [1.54, 1.807) is 4.90 Å². The van der Waals surface area contributed by atoms with E-state index in [0.717, 1.165) is 55.5 Å². The van der Waals surface area contributed by atoms with Crippen LogP contribution in [0.5, 0.6) is 5.75 Å². The summed E-state index contributed by atoms with van der Waals surface area (Å²) < 4.78 is 5.67. The second kappa shape index (κ2) is 12.9. The van der Waals surface area contributed by atoms with Crippen LogP contribution in [0.15, 0.2) is 18.2 Å². The maximum absolute atomic E-state index is 13.6. The third-order valence-corrected chi connectivity index (χ3v) is 8.26. The molecule has 2 saturated heterocycles. The third-order valence-electron chi connectivity index (χ3n) is 8.26. The summed E-state index contributed by atoms with van der Waals surface area (Å²) in [6.45, 7) is 6.73. The van der Waals surface area contributed by atoms with Crippen molar-refractivity contribution in [1.82, 2.24) is 19.6 Å². The van der Waals surface area contributed by atoms with Crippen molar-refractivity contribution < 1.29 is 24.2 Å². The molecule has 0 bridgehead atoms. The molecule has 9 heteroatoms. The Bertz CT molecular complexity index is 999. The molecule has 0 aromatic heterocycles. The maximum atomic E-state index is 13.6. The van der Waals surface area contributed by atoms with E-state index in [2.05, 4.69) is 17.9 Å². The standard InChI is InChI=1S/C29H44N4O5/c1-4-5-13-31(15-7-12-30(2)3)27(35)20-33-18-23(21-9-10-25-22(17-21)11-16-38-25)28(29(36)37)24(33)19-32-14-6-8-26(32)34/h9-10,17,23-24,28H,4-8,11-16,18-20H2,1-3H3,(H,36,37). The highest BCUT2D eigenvalue weighted by atomic mass is 16.5. The minimum absolute atomic E-state index is 0.0436.